The first kappa shape index (κ1) is 11.5. The van der Waals surface area contributed by atoms with E-state index in [0.29, 0.717) is 0 Å². The van der Waals surface area contributed by atoms with Gasteiger partial charge in [-0.25, -0.2) is 4.68 Å². The average Bonchev–Trinajstić information content (AvgIpc) is 2.97. The van der Waals surface area contributed by atoms with Crippen molar-refractivity contribution in [2.75, 3.05) is 5.73 Å². The Hall–Kier alpha value is -2.56. The maximum absolute atomic E-state index is 5.68. The number of benzene rings is 1. The van der Waals surface area contributed by atoms with Crippen LogP contribution in [0.2, 0.25) is 0 Å². The largest absolute Gasteiger partial charge is 0.399 e. The van der Waals surface area contributed by atoms with E-state index in [1.165, 1.54) is 0 Å². The zero-order valence-electron chi connectivity index (χ0n) is 10.9. The molecule has 3 rings (SSSR count). The van der Waals surface area contributed by atoms with Gasteiger partial charge in [-0.2, -0.15) is 10.2 Å². The molecular weight excluding hydrogens is 238 g/mol. The minimum absolute atomic E-state index is 0.749. The van der Waals surface area contributed by atoms with Crippen LogP contribution in [0, 0.1) is 6.92 Å². The lowest BCUT2D eigenvalue weighted by Gasteiger charge is -2.01. The SMILES string of the molecule is Cc1nn(C)cc1-c1ccn(-c2ccc(N)cc2)n1. The van der Waals surface area contributed by atoms with E-state index in [9.17, 15) is 0 Å². The monoisotopic (exact) mass is 253 g/mol. The molecule has 0 unspecified atom stereocenters. The van der Waals surface area contributed by atoms with Crippen molar-refractivity contribution in [3.8, 4) is 16.9 Å². The minimum atomic E-state index is 0.749. The molecule has 3 aromatic rings. The van der Waals surface area contributed by atoms with E-state index in [2.05, 4.69) is 10.2 Å². The normalized spacial score (nSPS) is 10.8. The lowest BCUT2D eigenvalue weighted by Crippen LogP contribution is -1.95. The van der Waals surface area contributed by atoms with Crippen LogP contribution in [0.15, 0.2) is 42.7 Å². The Kier molecular flexibility index (Phi) is 2.59. The van der Waals surface area contributed by atoms with Gasteiger partial charge in [0.05, 0.1) is 17.1 Å². The molecule has 2 N–H and O–H groups in total. The average molecular weight is 253 g/mol. The molecule has 5 nitrogen and oxygen atoms in total. The molecule has 0 atom stereocenters. The van der Waals surface area contributed by atoms with Gasteiger partial charge < -0.3 is 5.73 Å². The molecule has 96 valence electrons. The van der Waals surface area contributed by atoms with Crippen molar-refractivity contribution in [2.45, 2.75) is 6.92 Å². The van der Waals surface area contributed by atoms with E-state index >= 15 is 0 Å². The number of nitrogen functional groups attached to an aromatic ring is 1. The standard InChI is InChI=1S/C14H15N5/c1-10-13(9-18(2)16-10)14-7-8-19(17-14)12-5-3-11(15)4-6-12/h3-9H,15H2,1-2H3. The molecule has 2 heterocycles. The van der Waals surface area contributed by atoms with Gasteiger partial charge in [0.25, 0.3) is 0 Å². The van der Waals surface area contributed by atoms with Crippen molar-refractivity contribution in [1.82, 2.24) is 19.6 Å². The van der Waals surface area contributed by atoms with Gasteiger partial charge in [0.1, 0.15) is 0 Å². The van der Waals surface area contributed by atoms with Crippen molar-refractivity contribution in [3.63, 3.8) is 0 Å². The molecule has 5 heteroatoms. The van der Waals surface area contributed by atoms with Crippen molar-refractivity contribution in [2.24, 2.45) is 7.05 Å². The Morgan fingerprint density at radius 2 is 1.79 bits per heavy atom. The number of nitrogens with zero attached hydrogens (tertiary/aromatic N) is 4. The third-order valence-electron chi connectivity index (χ3n) is 3.04. The Morgan fingerprint density at radius 3 is 2.42 bits per heavy atom. The Morgan fingerprint density at radius 1 is 1.05 bits per heavy atom. The topological polar surface area (TPSA) is 61.7 Å². The molecule has 0 radical (unpaired) electrons. The third kappa shape index (κ3) is 2.10. The summed E-state index contributed by atoms with van der Waals surface area (Å²) in [6, 6.07) is 9.61. The number of anilines is 1. The van der Waals surface area contributed by atoms with Gasteiger partial charge in [0.15, 0.2) is 0 Å². The summed E-state index contributed by atoms with van der Waals surface area (Å²) in [6.45, 7) is 1.98. The minimum Gasteiger partial charge on any atom is -0.399 e. The van der Waals surface area contributed by atoms with Crippen LogP contribution in [0.3, 0.4) is 0 Å². The molecule has 0 aliphatic heterocycles. The first-order valence-electron chi connectivity index (χ1n) is 6.06. The van der Waals surface area contributed by atoms with Crippen LogP contribution in [-0.2, 0) is 7.05 Å². The quantitative estimate of drug-likeness (QED) is 0.712. The summed E-state index contributed by atoms with van der Waals surface area (Å²) in [5.41, 5.74) is 10.4. The predicted octanol–water partition coefficient (Wildman–Crippen LogP) is 2.16. The maximum atomic E-state index is 5.68. The lowest BCUT2D eigenvalue weighted by molar-refractivity contribution is 0.756. The van der Waals surface area contributed by atoms with E-state index in [0.717, 1.165) is 28.3 Å². The Balaban J connectivity index is 1.99. The van der Waals surface area contributed by atoms with Gasteiger partial charge in [-0.15, -0.1) is 0 Å². The van der Waals surface area contributed by atoms with Gasteiger partial charge in [-0.1, -0.05) is 0 Å². The van der Waals surface area contributed by atoms with Gasteiger partial charge in [-0.3, -0.25) is 4.68 Å². The van der Waals surface area contributed by atoms with Crippen LogP contribution >= 0.6 is 0 Å². The van der Waals surface area contributed by atoms with E-state index in [1.807, 2.05) is 61.4 Å². The molecular formula is C14H15N5. The molecule has 0 aliphatic carbocycles. The summed E-state index contributed by atoms with van der Waals surface area (Å²) in [5, 5.41) is 8.91. The molecule has 0 amide bonds. The Labute approximate surface area is 111 Å². The second-order valence-electron chi connectivity index (χ2n) is 4.54. The van der Waals surface area contributed by atoms with E-state index in [1.54, 1.807) is 4.68 Å². The van der Waals surface area contributed by atoms with Crippen LogP contribution in [0.4, 0.5) is 5.69 Å². The highest BCUT2D eigenvalue weighted by molar-refractivity contribution is 5.60. The van der Waals surface area contributed by atoms with Crippen LogP contribution in [0.25, 0.3) is 16.9 Å². The van der Waals surface area contributed by atoms with Crippen LogP contribution in [0.5, 0.6) is 0 Å². The van der Waals surface area contributed by atoms with Crippen molar-refractivity contribution in [1.29, 1.82) is 0 Å². The van der Waals surface area contributed by atoms with Gasteiger partial charge in [-0.05, 0) is 37.3 Å². The molecule has 0 saturated carbocycles. The summed E-state index contributed by atoms with van der Waals surface area (Å²) >= 11 is 0. The second kappa shape index (κ2) is 4.28. The molecule has 1 aromatic carbocycles. The van der Waals surface area contributed by atoms with E-state index in [4.69, 9.17) is 5.73 Å². The van der Waals surface area contributed by atoms with Crippen LogP contribution < -0.4 is 5.73 Å². The third-order valence-corrected chi connectivity index (χ3v) is 3.04. The van der Waals surface area contributed by atoms with E-state index in [-0.39, 0.29) is 0 Å². The number of nitrogens with two attached hydrogens (primary N) is 1. The molecule has 0 bridgehead atoms. The number of rotatable bonds is 2. The molecule has 0 aliphatic rings. The zero-order chi connectivity index (χ0) is 13.4. The number of aryl methyl sites for hydroxylation is 2. The summed E-state index contributed by atoms with van der Waals surface area (Å²) in [7, 11) is 1.91. The lowest BCUT2D eigenvalue weighted by atomic mass is 10.2. The second-order valence-corrected chi connectivity index (χ2v) is 4.54. The van der Waals surface area contributed by atoms with Gasteiger partial charge in [0.2, 0.25) is 0 Å². The molecule has 2 aromatic heterocycles. The van der Waals surface area contributed by atoms with E-state index < -0.39 is 0 Å². The first-order valence-corrected chi connectivity index (χ1v) is 6.06. The predicted molar refractivity (Wildman–Crippen MR) is 74.9 cm³/mol. The van der Waals surface area contributed by atoms with Crippen LogP contribution in [0.1, 0.15) is 5.69 Å². The van der Waals surface area contributed by atoms with Crippen molar-refractivity contribution < 1.29 is 0 Å². The summed E-state index contributed by atoms with van der Waals surface area (Å²) in [5.74, 6) is 0. The number of aromatic nitrogens is 4. The summed E-state index contributed by atoms with van der Waals surface area (Å²) in [6.07, 6.45) is 3.91. The smallest absolute Gasteiger partial charge is 0.0961 e. The number of hydrogen-bond acceptors (Lipinski definition) is 3. The molecule has 0 fully saturated rings. The van der Waals surface area contributed by atoms with Crippen LogP contribution in [-0.4, -0.2) is 19.6 Å². The zero-order valence-corrected chi connectivity index (χ0v) is 10.9. The van der Waals surface area contributed by atoms with Crippen molar-refractivity contribution in [3.05, 3.63) is 48.4 Å². The van der Waals surface area contributed by atoms with Gasteiger partial charge in [0, 0.05) is 30.7 Å². The molecule has 0 spiro atoms. The number of hydrogen-bond donors (Lipinski definition) is 1. The highest BCUT2D eigenvalue weighted by Crippen LogP contribution is 2.21. The first-order chi connectivity index (χ1) is 9.13. The molecule has 0 saturated heterocycles. The highest BCUT2D eigenvalue weighted by atomic mass is 15.3. The summed E-state index contributed by atoms with van der Waals surface area (Å²) in [4.78, 5) is 0. The maximum Gasteiger partial charge on any atom is 0.0961 e. The fourth-order valence-corrected chi connectivity index (χ4v) is 2.09. The Bertz CT molecular complexity index is 706. The summed E-state index contributed by atoms with van der Waals surface area (Å²) < 4.78 is 3.63. The molecule has 19 heavy (non-hydrogen) atoms. The fourth-order valence-electron chi connectivity index (χ4n) is 2.09. The fraction of sp³-hybridized carbons (Fsp3) is 0.143. The van der Waals surface area contributed by atoms with Crippen molar-refractivity contribution >= 4 is 5.69 Å². The van der Waals surface area contributed by atoms with Gasteiger partial charge >= 0.3 is 0 Å². The highest BCUT2D eigenvalue weighted by Gasteiger charge is 2.09.